The van der Waals surface area contributed by atoms with E-state index in [1.807, 2.05) is 0 Å². The summed E-state index contributed by atoms with van der Waals surface area (Å²) in [5.74, 6) is -0.240. The minimum Gasteiger partial charge on any atom is -0.395 e. The molecule has 1 aromatic heterocycles. The molecule has 7 nitrogen and oxygen atoms in total. The highest BCUT2D eigenvalue weighted by Crippen LogP contribution is 2.03. The summed E-state index contributed by atoms with van der Waals surface area (Å²) in [6.45, 7) is 0.256. The number of aliphatic hydroxyl groups excluding tert-OH is 1. The molecular weight excluding hydrogens is 248 g/mol. The third kappa shape index (κ3) is 3.14. The van der Waals surface area contributed by atoms with Gasteiger partial charge in [-0.15, -0.1) is 5.10 Å². The maximum atomic E-state index is 12.0. The minimum absolute atomic E-state index is 0.110. The monoisotopic (exact) mass is 262 g/mol. The van der Waals surface area contributed by atoms with Crippen molar-refractivity contribution in [3.8, 4) is 0 Å². The van der Waals surface area contributed by atoms with Crippen LogP contribution in [-0.2, 0) is 11.3 Å². The lowest BCUT2D eigenvalue weighted by molar-refractivity contribution is -0.121. The first kappa shape index (κ1) is 13.2. The van der Waals surface area contributed by atoms with Crippen LogP contribution in [0.5, 0.6) is 0 Å². The molecule has 0 atom stereocenters. The molecule has 0 aliphatic rings. The van der Waals surface area contributed by atoms with Crippen molar-refractivity contribution in [2.24, 2.45) is 0 Å². The molecule has 0 fully saturated rings. The number of amides is 1. The van der Waals surface area contributed by atoms with Gasteiger partial charge >= 0.3 is 0 Å². The van der Waals surface area contributed by atoms with Crippen LogP contribution in [0.15, 0.2) is 29.1 Å². The summed E-state index contributed by atoms with van der Waals surface area (Å²) < 4.78 is 1.17. The second kappa shape index (κ2) is 6.05. The zero-order chi connectivity index (χ0) is 13.7. The van der Waals surface area contributed by atoms with Crippen molar-refractivity contribution < 1.29 is 9.90 Å². The summed E-state index contributed by atoms with van der Waals surface area (Å²) in [4.78, 5) is 23.4. The van der Waals surface area contributed by atoms with Gasteiger partial charge < -0.3 is 10.4 Å². The second-order valence-electron chi connectivity index (χ2n) is 3.96. The molecule has 0 aliphatic heterocycles. The fraction of sp³-hybridized carbons (Fsp3) is 0.333. The average molecular weight is 262 g/mol. The smallest absolute Gasteiger partial charge is 0.277 e. The minimum atomic E-state index is -0.263. The van der Waals surface area contributed by atoms with Crippen LogP contribution in [0, 0.1) is 0 Å². The van der Waals surface area contributed by atoms with Crippen molar-refractivity contribution in [3.05, 3.63) is 34.6 Å². The molecule has 2 N–H and O–H groups in total. The molecule has 0 bridgehead atoms. The van der Waals surface area contributed by atoms with Crippen molar-refractivity contribution in [1.29, 1.82) is 0 Å². The molecule has 0 spiro atoms. The Morgan fingerprint density at radius 1 is 1.37 bits per heavy atom. The maximum Gasteiger partial charge on any atom is 0.277 e. The number of hydrogen-bond donors (Lipinski definition) is 2. The number of aliphatic hydroxyl groups is 1. The quantitative estimate of drug-likeness (QED) is 0.742. The molecule has 2 rings (SSSR count). The van der Waals surface area contributed by atoms with E-state index in [1.54, 1.807) is 24.3 Å². The van der Waals surface area contributed by atoms with E-state index in [1.165, 1.54) is 4.68 Å². The van der Waals surface area contributed by atoms with Gasteiger partial charge in [-0.1, -0.05) is 17.3 Å². The number of rotatable bonds is 5. The molecule has 0 unspecified atom stereocenters. The van der Waals surface area contributed by atoms with Gasteiger partial charge in [0.15, 0.2) is 0 Å². The van der Waals surface area contributed by atoms with Crippen molar-refractivity contribution in [2.75, 3.05) is 13.2 Å². The molecule has 19 heavy (non-hydrogen) atoms. The number of carbonyl (C=O) groups is 1. The Morgan fingerprint density at radius 3 is 2.95 bits per heavy atom. The Bertz CT molecular complexity index is 638. The highest BCUT2D eigenvalue weighted by molar-refractivity contribution is 5.77. The summed E-state index contributed by atoms with van der Waals surface area (Å²) in [6.07, 6.45) is 0.118. The first-order valence-electron chi connectivity index (χ1n) is 5.92. The third-order valence-electron chi connectivity index (χ3n) is 2.61. The summed E-state index contributed by atoms with van der Waals surface area (Å²) in [5, 5.41) is 19.3. The number of nitrogens with zero attached hydrogens (tertiary/aromatic N) is 3. The van der Waals surface area contributed by atoms with E-state index in [4.69, 9.17) is 5.11 Å². The van der Waals surface area contributed by atoms with E-state index in [0.717, 1.165) is 0 Å². The Kier molecular flexibility index (Phi) is 4.19. The van der Waals surface area contributed by atoms with E-state index < -0.39 is 0 Å². The molecule has 0 saturated heterocycles. The van der Waals surface area contributed by atoms with E-state index in [2.05, 4.69) is 15.6 Å². The number of benzene rings is 1. The Balaban J connectivity index is 2.11. The van der Waals surface area contributed by atoms with Gasteiger partial charge in [-0.3, -0.25) is 9.59 Å². The van der Waals surface area contributed by atoms with Gasteiger partial charge in [-0.25, -0.2) is 4.68 Å². The first-order valence-corrected chi connectivity index (χ1v) is 5.92. The van der Waals surface area contributed by atoms with E-state index in [9.17, 15) is 9.59 Å². The summed E-state index contributed by atoms with van der Waals surface area (Å²) in [6, 6.07) is 6.92. The lowest BCUT2D eigenvalue weighted by Crippen LogP contribution is -2.30. The second-order valence-corrected chi connectivity index (χ2v) is 3.96. The van der Waals surface area contributed by atoms with Crippen molar-refractivity contribution in [1.82, 2.24) is 20.3 Å². The van der Waals surface area contributed by atoms with Gasteiger partial charge in [-0.2, -0.15) is 0 Å². The van der Waals surface area contributed by atoms with Crippen LogP contribution in [0.2, 0.25) is 0 Å². The topological polar surface area (TPSA) is 97.1 Å². The van der Waals surface area contributed by atoms with Crippen LogP contribution in [0.4, 0.5) is 0 Å². The third-order valence-corrected chi connectivity index (χ3v) is 2.61. The number of fused-ring (bicyclic) bond motifs is 1. The predicted octanol–water partition coefficient (Wildman–Crippen LogP) is -0.710. The molecule has 0 aliphatic carbocycles. The molecule has 0 saturated carbocycles. The normalized spacial score (nSPS) is 10.6. The van der Waals surface area contributed by atoms with Gasteiger partial charge in [0.05, 0.1) is 18.5 Å². The van der Waals surface area contributed by atoms with E-state index in [-0.39, 0.29) is 37.6 Å². The van der Waals surface area contributed by atoms with Gasteiger partial charge in [-0.05, 0) is 12.1 Å². The fourth-order valence-electron chi connectivity index (χ4n) is 1.66. The van der Waals surface area contributed by atoms with Crippen LogP contribution < -0.4 is 10.9 Å². The van der Waals surface area contributed by atoms with Crippen LogP contribution in [0.25, 0.3) is 10.9 Å². The largest absolute Gasteiger partial charge is 0.395 e. The highest BCUT2D eigenvalue weighted by Gasteiger charge is 2.07. The molecule has 100 valence electrons. The van der Waals surface area contributed by atoms with Crippen LogP contribution in [0.1, 0.15) is 6.42 Å². The molecule has 2 aromatic rings. The highest BCUT2D eigenvalue weighted by atomic mass is 16.3. The maximum absolute atomic E-state index is 12.0. The zero-order valence-corrected chi connectivity index (χ0v) is 10.2. The van der Waals surface area contributed by atoms with E-state index in [0.29, 0.717) is 10.9 Å². The van der Waals surface area contributed by atoms with Crippen molar-refractivity contribution in [2.45, 2.75) is 13.0 Å². The summed E-state index contributed by atoms with van der Waals surface area (Å²) in [5.41, 5.74) is 0.272. The summed E-state index contributed by atoms with van der Waals surface area (Å²) >= 11 is 0. The molecule has 1 aromatic carbocycles. The van der Waals surface area contributed by atoms with Crippen LogP contribution in [-0.4, -0.2) is 39.2 Å². The molecule has 0 radical (unpaired) electrons. The lowest BCUT2D eigenvalue weighted by Gasteiger charge is -2.05. The van der Waals surface area contributed by atoms with Gasteiger partial charge in [0.1, 0.15) is 5.52 Å². The van der Waals surface area contributed by atoms with Gasteiger partial charge in [0.2, 0.25) is 5.91 Å². The number of hydrogen-bond acceptors (Lipinski definition) is 5. The molecule has 7 heteroatoms. The van der Waals surface area contributed by atoms with Crippen molar-refractivity contribution in [3.63, 3.8) is 0 Å². The molecule has 1 amide bonds. The molecular formula is C12H14N4O3. The standard InChI is InChI=1S/C12H14N4O3/c17-8-6-13-11(18)5-7-16-12(19)9-3-1-2-4-10(9)14-15-16/h1-4,17H,5-8H2,(H,13,18). The first-order chi connectivity index (χ1) is 9.22. The number of aryl methyl sites for hydroxylation is 1. The number of carbonyl (C=O) groups excluding carboxylic acids is 1. The molecule has 1 heterocycles. The van der Waals surface area contributed by atoms with Gasteiger partial charge in [0, 0.05) is 13.0 Å². The zero-order valence-electron chi connectivity index (χ0n) is 10.2. The Labute approximate surface area is 108 Å². The SMILES string of the molecule is O=C(CCn1nnc2ccccc2c1=O)NCCO. The lowest BCUT2D eigenvalue weighted by atomic mass is 10.2. The average Bonchev–Trinajstić information content (AvgIpc) is 2.44. The Morgan fingerprint density at radius 2 is 2.16 bits per heavy atom. The fourth-order valence-corrected chi connectivity index (χ4v) is 1.66. The Hall–Kier alpha value is -2.28. The summed E-state index contributed by atoms with van der Waals surface area (Å²) in [7, 11) is 0. The van der Waals surface area contributed by atoms with Crippen LogP contribution >= 0.6 is 0 Å². The van der Waals surface area contributed by atoms with Crippen LogP contribution in [0.3, 0.4) is 0 Å². The number of aromatic nitrogens is 3. The number of nitrogens with one attached hydrogen (secondary N) is 1. The van der Waals surface area contributed by atoms with E-state index >= 15 is 0 Å². The van der Waals surface area contributed by atoms with Crippen molar-refractivity contribution >= 4 is 16.8 Å². The predicted molar refractivity (Wildman–Crippen MR) is 68.5 cm³/mol. The van der Waals surface area contributed by atoms with Gasteiger partial charge in [0.25, 0.3) is 5.56 Å².